The predicted octanol–water partition coefficient (Wildman–Crippen LogP) is 4.24. The van der Waals surface area contributed by atoms with Gasteiger partial charge in [0.2, 0.25) is 0 Å². The molecule has 4 heteroatoms. The van der Waals surface area contributed by atoms with E-state index in [1.54, 1.807) is 6.07 Å². The third-order valence-corrected chi connectivity index (χ3v) is 2.83. The number of fused-ring (bicyclic) bond motifs is 1. The lowest BCUT2D eigenvalue weighted by Crippen LogP contribution is -1.71. The van der Waals surface area contributed by atoms with Crippen molar-refractivity contribution in [1.82, 2.24) is 4.98 Å². The van der Waals surface area contributed by atoms with Crippen LogP contribution in [0.4, 0.5) is 0 Å². The first kappa shape index (κ1) is 8.42. The molecule has 12 heavy (non-hydrogen) atoms. The topological polar surface area (TPSA) is 15.8 Å². The van der Waals surface area contributed by atoms with Crippen molar-refractivity contribution in [1.29, 1.82) is 0 Å². The van der Waals surface area contributed by atoms with Crippen molar-refractivity contribution in [2.45, 2.75) is 0 Å². The van der Waals surface area contributed by atoms with Gasteiger partial charge in [-0.2, -0.15) is 0 Å². The van der Waals surface area contributed by atoms with Gasteiger partial charge in [-0.3, -0.25) is 0 Å². The van der Waals surface area contributed by atoms with Gasteiger partial charge < -0.3 is 4.98 Å². The monoisotopic (exact) mass is 263 g/mol. The van der Waals surface area contributed by atoms with Gasteiger partial charge in [0.05, 0.1) is 10.5 Å². The summed E-state index contributed by atoms with van der Waals surface area (Å²) < 4.78 is 0.974. The summed E-state index contributed by atoms with van der Waals surface area (Å²) in [7, 11) is 0. The van der Waals surface area contributed by atoms with E-state index in [2.05, 4.69) is 20.9 Å². The number of nitrogens with one attached hydrogen (secondary N) is 1. The van der Waals surface area contributed by atoms with Crippen molar-refractivity contribution in [3.63, 3.8) is 0 Å². The summed E-state index contributed by atoms with van der Waals surface area (Å²) in [6.45, 7) is 0. The molecule has 1 heterocycles. The Kier molecular flexibility index (Phi) is 2.07. The smallest absolute Gasteiger partial charge is 0.0662 e. The van der Waals surface area contributed by atoms with E-state index in [4.69, 9.17) is 23.2 Å². The molecule has 2 rings (SSSR count). The molecule has 1 aromatic heterocycles. The quantitative estimate of drug-likeness (QED) is 0.733. The van der Waals surface area contributed by atoms with Crippen LogP contribution in [-0.2, 0) is 0 Å². The second-order valence-electron chi connectivity index (χ2n) is 2.45. The van der Waals surface area contributed by atoms with Gasteiger partial charge in [0, 0.05) is 21.1 Å². The highest BCUT2D eigenvalue weighted by Crippen LogP contribution is 2.31. The van der Waals surface area contributed by atoms with Crippen molar-refractivity contribution >= 4 is 50.0 Å². The molecule has 0 aliphatic rings. The van der Waals surface area contributed by atoms with E-state index in [1.165, 1.54) is 0 Å². The normalized spacial score (nSPS) is 10.9. The first-order chi connectivity index (χ1) is 5.68. The maximum atomic E-state index is 5.94. The van der Waals surface area contributed by atoms with E-state index in [9.17, 15) is 0 Å². The van der Waals surface area contributed by atoms with E-state index >= 15 is 0 Å². The van der Waals surface area contributed by atoms with Crippen LogP contribution in [0.3, 0.4) is 0 Å². The number of aromatic amines is 1. The minimum Gasteiger partial charge on any atom is -0.359 e. The van der Waals surface area contributed by atoms with E-state index in [-0.39, 0.29) is 0 Å². The van der Waals surface area contributed by atoms with Crippen LogP contribution in [0.25, 0.3) is 10.9 Å². The summed E-state index contributed by atoms with van der Waals surface area (Å²) in [5.41, 5.74) is 0.910. The van der Waals surface area contributed by atoms with Crippen LogP contribution in [-0.4, -0.2) is 4.98 Å². The zero-order valence-corrected chi connectivity index (χ0v) is 8.96. The van der Waals surface area contributed by atoms with Crippen LogP contribution in [0.1, 0.15) is 0 Å². The molecule has 0 unspecified atom stereocenters. The minimum absolute atomic E-state index is 0.642. The minimum atomic E-state index is 0.642. The molecule has 2 aromatic rings. The Labute approximate surface area is 87.8 Å². The van der Waals surface area contributed by atoms with Crippen molar-refractivity contribution in [3.8, 4) is 0 Å². The fourth-order valence-corrected chi connectivity index (χ4v) is 2.10. The summed E-state index contributed by atoms with van der Waals surface area (Å²) in [5, 5.41) is 2.29. The van der Waals surface area contributed by atoms with Gasteiger partial charge in [-0.15, -0.1) is 0 Å². The zero-order valence-electron chi connectivity index (χ0n) is 5.87. The maximum Gasteiger partial charge on any atom is 0.0662 e. The molecule has 0 aliphatic carbocycles. The van der Waals surface area contributed by atoms with Gasteiger partial charge in [-0.05, 0) is 28.1 Å². The fraction of sp³-hybridized carbons (Fsp3) is 0. The lowest BCUT2D eigenvalue weighted by molar-refractivity contribution is 1.47. The summed E-state index contributed by atoms with van der Waals surface area (Å²) in [6, 6.07) is 3.58. The van der Waals surface area contributed by atoms with Gasteiger partial charge in [0.15, 0.2) is 0 Å². The van der Waals surface area contributed by atoms with E-state index in [0.717, 1.165) is 15.4 Å². The van der Waals surface area contributed by atoms with Gasteiger partial charge in [-0.1, -0.05) is 23.2 Å². The van der Waals surface area contributed by atoms with E-state index in [0.29, 0.717) is 10.0 Å². The molecular formula is C8H4BrCl2N. The first-order valence-electron chi connectivity index (χ1n) is 3.30. The van der Waals surface area contributed by atoms with Crippen LogP contribution in [0.5, 0.6) is 0 Å². The molecule has 0 aliphatic heterocycles. The van der Waals surface area contributed by atoms with E-state index in [1.807, 2.05) is 12.3 Å². The second kappa shape index (κ2) is 2.95. The molecule has 0 atom stereocenters. The molecule has 0 saturated heterocycles. The average molecular weight is 265 g/mol. The maximum absolute atomic E-state index is 5.94. The lowest BCUT2D eigenvalue weighted by Gasteiger charge is -1.95. The Balaban J connectivity index is 2.92. The van der Waals surface area contributed by atoms with E-state index < -0.39 is 0 Å². The van der Waals surface area contributed by atoms with Gasteiger partial charge in [-0.25, -0.2) is 0 Å². The van der Waals surface area contributed by atoms with Crippen LogP contribution in [0.2, 0.25) is 10.0 Å². The first-order valence-corrected chi connectivity index (χ1v) is 4.85. The fourth-order valence-electron chi connectivity index (χ4n) is 1.12. The summed E-state index contributed by atoms with van der Waals surface area (Å²) in [4.78, 5) is 3.05. The highest BCUT2D eigenvalue weighted by Gasteiger charge is 2.05. The Hall–Kier alpha value is -0.180. The summed E-state index contributed by atoms with van der Waals surface area (Å²) in [5.74, 6) is 0. The molecule has 0 bridgehead atoms. The van der Waals surface area contributed by atoms with Crippen molar-refractivity contribution < 1.29 is 0 Å². The molecular weight excluding hydrogens is 261 g/mol. The van der Waals surface area contributed by atoms with Gasteiger partial charge >= 0.3 is 0 Å². The Morgan fingerprint density at radius 1 is 1.25 bits per heavy atom. The van der Waals surface area contributed by atoms with Crippen LogP contribution < -0.4 is 0 Å². The molecule has 1 N–H and O–H groups in total. The Bertz CT molecular complexity index is 436. The van der Waals surface area contributed by atoms with Crippen molar-refractivity contribution in [3.05, 3.63) is 32.8 Å². The third kappa shape index (κ3) is 1.24. The largest absolute Gasteiger partial charge is 0.359 e. The molecule has 1 nitrogen and oxygen atoms in total. The van der Waals surface area contributed by atoms with Crippen molar-refractivity contribution in [2.75, 3.05) is 0 Å². The molecule has 62 valence electrons. The molecule has 0 spiro atoms. The Morgan fingerprint density at radius 2 is 2.00 bits per heavy atom. The molecule has 0 radical (unpaired) electrons. The number of hydrogen-bond donors (Lipinski definition) is 1. The SMILES string of the molecule is Clc1cc(Cl)c2[nH]cc(Br)c2c1. The summed E-state index contributed by atoms with van der Waals surface area (Å²) in [6.07, 6.45) is 1.84. The zero-order chi connectivity index (χ0) is 8.72. The third-order valence-electron chi connectivity index (χ3n) is 1.66. The lowest BCUT2D eigenvalue weighted by atomic mass is 10.2. The van der Waals surface area contributed by atoms with Gasteiger partial charge in [0.25, 0.3) is 0 Å². The number of rotatable bonds is 0. The van der Waals surface area contributed by atoms with Crippen LogP contribution in [0.15, 0.2) is 22.8 Å². The molecule has 1 aromatic carbocycles. The Morgan fingerprint density at radius 3 is 2.75 bits per heavy atom. The second-order valence-corrected chi connectivity index (χ2v) is 4.14. The number of halogens is 3. The van der Waals surface area contributed by atoms with Gasteiger partial charge in [0.1, 0.15) is 0 Å². The number of aromatic nitrogens is 1. The van der Waals surface area contributed by atoms with Crippen molar-refractivity contribution in [2.24, 2.45) is 0 Å². The number of hydrogen-bond acceptors (Lipinski definition) is 0. The highest BCUT2D eigenvalue weighted by molar-refractivity contribution is 9.10. The van der Waals surface area contributed by atoms with Crippen LogP contribution >= 0.6 is 39.1 Å². The molecule has 0 saturated carbocycles. The predicted molar refractivity (Wildman–Crippen MR) is 56.0 cm³/mol. The molecule has 0 fully saturated rings. The average Bonchev–Trinajstić information content (AvgIpc) is 2.33. The summed E-state index contributed by atoms with van der Waals surface area (Å²) >= 11 is 15.2. The number of benzene rings is 1. The van der Waals surface area contributed by atoms with Crippen LogP contribution in [0, 0.1) is 0 Å². The molecule has 0 amide bonds. The standard InChI is InChI=1S/C8H4BrCl2N/c9-6-3-12-8-5(6)1-4(10)2-7(8)11/h1-3,12H. The number of H-pyrrole nitrogens is 1. The highest BCUT2D eigenvalue weighted by atomic mass is 79.9.